The van der Waals surface area contributed by atoms with Crippen LogP contribution in [0.5, 0.6) is 0 Å². The van der Waals surface area contributed by atoms with E-state index < -0.39 is 15.8 Å². The highest BCUT2D eigenvalue weighted by Crippen LogP contribution is 2.25. The quantitative estimate of drug-likeness (QED) is 0.895. The summed E-state index contributed by atoms with van der Waals surface area (Å²) in [5.74, 6) is -0.245. The van der Waals surface area contributed by atoms with E-state index in [9.17, 15) is 12.8 Å². The fourth-order valence-electron chi connectivity index (χ4n) is 2.71. The Morgan fingerprint density at radius 3 is 2.75 bits per heavy atom. The van der Waals surface area contributed by atoms with Gasteiger partial charge in [0.15, 0.2) is 0 Å². The minimum Gasteiger partial charge on any atom is -0.326 e. The van der Waals surface area contributed by atoms with Gasteiger partial charge in [0.25, 0.3) is 0 Å². The molecule has 1 aromatic rings. The van der Waals surface area contributed by atoms with E-state index in [0.717, 1.165) is 25.7 Å². The monoisotopic (exact) mass is 300 g/mol. The van der Waals surface area contributed by atoms with Crippen molar-refractivity contribution in [3.8, 4) is 0 Å². The first-order chi connectivity index (χ1) is 9.42. The van der Waals surface area contributed by atoms with Gasteiger partial charge < -0.3 is 5.73 Å². The minimum atomic E-state index is -3.80. The van der Waals surface area contributed by atoms with Crippen LogP contribution in [0.1, 0.15) is 38.2 Å². The average Bonchev–Trinajstić information content (AvgIpc) is 2.37. The molecule has 0 radical (unpaired) electrons. The molecule has 1 aliphatic rings. The molecule has 3 N–H and O–H groups in total. The first-order valence-corrected chi connectivity index (χ1v) is 8.41. The van der Waals surface area contributed by atoms with E-state index in [1.807, 2.05) is 0 Å². The van der Waals surface area contributed by atoms with Crippen LogP contribution in [0.3, 0.4) is 0 Å². The van der Waals surface area contributed by atoms with Crippen molar-refractivity contribution >= 4 is 10.0 Å². The summed E-state index contributed by atoms with van der Waals surface area (Å²) < 4.78 is 41.0. The van der Waals surface area contributed by atoms with Gasteiger partial charge in [-0.3, -0.25) is 0 Å². The Morgan fingerprint density at radius 1 is 1.40 bits per heavy atom. The highest BCUT2D eigenvalue weighted by atomic mass is 32.2. The van der Waals surface area contributed by atoms with Crippen LogP contribution in [-0.2, 0) is 16.6 Å². The minimum absolute atomic E-state index is 0.0997. The zero-order chi connectivity index (χ0) is 14.8. The molecule has 6 heteroatoms. The van der Waals surface area contributed by atoms with Gasteiger partial charge in [0.05, 0.1) is 0 Å². The number of nitrogens with one attached hydrogen (secondary N) is 1. The van der Waals surface area contributed by atoms with Gasteiger partial charge in [0.1, 0.15) is 10.7 Å². The Balaban J connectivity index is 2.17. The topological polar surface area (TPSA) is 72.2 Å². The number of sulfonamides is 1. The number of hydrogen-bond acceptors (Lipinski definition) is 3. The number of halogens is 1. The molecule has 112 valence electrons. The highest BCUT2D eigenvalue weighted by molar-refractivity contribution is 7.89. The van der Waals surface area contributed by atoms with Crippen LogP contribution < -0.4 is 10.5 Å². The summed E-state index contributed by atoms with van der Waals surface area (Å²) in [7, 11) is -3.80. The maximum absolute atomic E-state index is 13.9. The van der Waals surface area contributed by atoms with Crippen molar-refractivity contribution in [3.63, 3.8) is 0 Å². The lowest BCUT2D eigenvalue weighted by atomic mass is 9.88. The number of hydrogen-bond donors (Lipinski definition) is 2. The summed E-state index contributed by atoms with van der Waals surface area (Å²) in [6.07, 6.45) is 3.74. The molecule has 2 unspecified atom stereocenters. The van der Waals surface area contributed by atoms with Crippen molar-refractivity contribution in [2.45, 2.75) is 50.1 Å². The second-order valence-corrected chi connectivity index (χ2v) is 7.24. The Morgan fingerprint density at radius 2 is 2.15 bits per heavy atom. The molecule has 2 rings (SSSR count). The lowest BCUT2D eigenvalue weighted by molar-refractivity contribution is 0.327. The van der Waals surface area contributed by atoms with Crippen molar-refractivity contribution < 1.29 is 12.8 Å². The third-order valence-electron chi connectivity index (χ3n) is 3.78. The smallest absolute Gasteiger partial charge is 0.243 e. The molecule has 0 aromatic heterocycles. The van der Waals surface area contributed by atoms with Crippen LogP contribution in [-0.4, -0.2) is 14.5 Å². The number of nitrogens with two attached hydrogens (primary N) is 1. The van der Waals surface area contributed by atoms with Crippen LogP contribution in [0.25, 0.3) is 0 Å². The van der Waals surface area contributed by atoms with E-state index in [0.29, 0.717) is 11.5 Å². The van der Waals surface area contributed by atoms with E-state index in [1.165, 1.54) is 12.1 Å². The van der Waals surface area contributed by atoms with E-state index in [2.05, 4.69) is 11.6 Å². The van der Waals surface area contributed by atoms with E-state index >= 15 is 0 Å². The SMILES string of the molecule is CC1CCCC(NS(=O)(=O)c2ccc(CN)cc2F)C1. The zero-order valence-electron chi connectivity index (χ0n) is 11.6. The molecule has 1 saturated carbocycles. The van der Waals surface area contributed by atoms with Crippen LogP contribution in [0, 0.1) is 11.7 Å². The Hall–Kier alpha value is -0.980. The molecule has 4 nitrogen and oxygen atoms in total. The van der Waals surface area contributed by atoms with Gasteiger partial charge in [-0.05, 0) is 36.5 Å². The molecule has 1 fully saturated rings. The standard InChI is InChI=1S/C14H21FN2O2S/c1-10-3-2-4-12(7-10)17-20(18,19)14-6-5-11(9-16)8-13(14)15/h5-6,8,10,12,17H,2-4,7,9,16H2,1H3. The molecule has 0 aliphatic heterocycles. The fraction of sp³-hybridized carbons (Fsp3) is 0.571. The third-order valence-corrected chi connectivity index (χ3v) is 5.33. The molecule has 0 bridgehead atoms. The fourth-order valence-corrected chi connectivity index (χ4v) is 4.06. The third kappa shape index (κ3) is 3.56. The lowest BCUT2D eigenvalue weighted by Crippen LogP contribution is -2.38. The largest absolute Gasteiger partial charge is 0.326 e. The van der Waals surface area contributed by atoms with Crippen LogP contribution in [0.15, 0.2) is 23.1 Å². The van der Waals surface area contributed by atoms with Crippen LogP contribution in [0.2, 0.25) is 0 Å². The normalized spacial score (nSPS) is 23.8. The summed E-state index contributed by atoms with van der Waals surface area (Å²) in [5, 5.41) is 0. The summed E-state index contributed by atoms with van der Waals surface area (Å²) >= 11 is 0. The number of rotatable bonds is 4. The second-order valence-electron chi connectivity index (χ2n) is 5.56. The van der Waals surface area contributed by atoms with Gasteiger partial charge in [-0.15, -0.1) is 0 Å². The molecule has 0 spiro atoms. The predicted molar refractivity (Wildman–Crippen MR) is 76.0 cm³/mol. The molecule has 20 heavy (non-hydrogen) atoms. The Labute approximate surface area is 119 Å². The van der Waals surface area contributed by atoms with Gasteiger partial charge in [-0.1, -0.05) is 25.8 Å². The van der Waals surface area contributed by atoms with Crippen molar-refractivity contribution in [2.75, 3.05) is 0 Å². The second kappa shape index (κ2) is 6.20. The molecule has 1 aromatic carbocycles. The predicted octanol–water partition coefficient (Wildman–Crippen LogP) is 2.14. The molecule has 0 saturated heterocycles. The average molecular weight is 300 g/mol. The van der Waals surface area contributed by atoms with Gasteiger partial charge in [0.2, 0.25) is 10.0 Å². The van der Waals surface area contributed by atoms with Crippen molar-refractivity contribution in [1.29, 1.82) is 0 Å². The highest BCUT2D eigenvalue weighted by Gasteiger charge is 2.26. The van der Waals surface area contributed by atoms with Crippen LogP contribution >= 0.6 is 0 Å². The van der Waals surface area contributed by atoms with Crippen LogP contribution in [0.4, 0.5) is 4.39 Å². The van der Waals surface area contributed by atoms with E-state index in [4.69, 9.17) is 5.73 Å². The van der Waals surface area contributed by atoms with Crippen molar-refractivity contribution in [3.05, 3.63) is 29.6 Å². The first kappa shape index (κ1) is 15.4. The summed E-state index contributed by atoms with van der Waals surface area (Å²) in [6, 6.07) is 3.91. The molecular formula is C14H21FN2O2S. The molecular weight excluding hydrogens is 279 g/mol. The molecule has 1 aliphatic carbocycles. The van der Waals surface area contributed by atoms with Gasteiger partial charge in [-0.25, -0.2) is 17.5 Å². The summed E-state index contributed by atoms with van der Waals surface area (Å²) in [4.78, 5) is -0.298. The molecule has 2 atom stereocenters. The Bertz CT molecular complexity index is 575. The first-order valence-electron chi connectivity index (χ1n) is 6.93. The maximum Gasteiger partial charge on any atom is 0.243 e. The maximum atomic E-state index is 13.9. The Kier molecular flexibility index (Phi) is 4.78. The van der Waals surface area contributed by atoms with Gasteiger partial charge in [0, 0.05) is 12.6 Å². The van der Waals surface area contributed by atoms with E-state index in [-0.39, 0.29) is 17.5 Å². The van der Waals surface area contributed by atoms with Gasteiger partial charge >= 0.3 is 0 Å². The number of benzene rings is 1. The lowest BCUT2D eigenvalue weighted by Gasteiger charge is -2.27. The molecule has 0 amide bonds. The zero-order valence-corrected chi connectivity index (χ0v) is 12.4. The summed E-state index contributed by atoms with van der Waals surface area (Å²) in [5.41, 5.74) is 5.99. The van der Waals surface area contributed by atoms with Gasteiger partial charge in [-0.2, -0.15) is 0 Å². The van der Waals surface area contributed by atoms with E-state index in [1.54, 1.807) is 6.07 Å². The van der Waals surface area contributed by atoms with Crippen molar-refractivity contribution in [2.24, 2.45) is 11.7 Å². The van der Waals surface area contributed by atoms with Crippen molar-refractivity contribution in [1.82, 2.24) is 4.72 Å². The summed E-state index contributed by atoms with van der Waals surface area (Å²) in [6.45, 7) is 2.29. The molecule has 0 heterocycles.